The van der Waals surface area contributed by atoms with Crippen molar-refractivity contribution in [2.24, 2.45) is 0 Å². The van der Waals surface area contributed by atoms with Gasteiger partial charge in [-0.05, 0) is 37.6 Å². The molecule has 0 unspecified atom stereocenters. The number of esters is 1. The quantitative estimate of drug-likeness (QED) is 0.287. The number of carbonyl (C=O) groups is 1. The van der Waals surface area contributed by atoms with Crippen LogP contribution in [0.5, 0.6) is 0 Å². The molecular weight excluding hydrogens is 308 g/mol. The van der Waals surface area contributed by atoms with Gasteiger partial charge in [-0.25, -0.2) is 4.79 Å². The maximum absolute atomic E-state index is 12.4. The van der Waals surface area contributed by atoms with E-state index in [1.807, 2.05) is 19.9 Å². The number of para-hydroxylation sites is 1. The maximum Gasteiger partial charge on any atom is 0.339 e. The van der Waals surface area contributed by atoms with E-state index in [2.05, 4.69) is 11.6 Å². The Bertz CT molecular complexity index is 818. The number of nitrogens with zero attached hydrogens (tertiary/aromatic N) is 1. The number of nitrogens with one attached hydrogen (secondary N) is 1. The van der Waals surface area contributed by atoms with Crippen molar-refractivity contribution in [3.05, 3.63) is 75.6 Å². The SMILES string of the molecule is C=CCOC(=O)/C(=C\c1[nH]c(C)cc1C)c1ccccc1[N+](=O)[O-]. The highest BCUT2D eigenvalue weighted by atomic mass is 16.6. The lowest BCUT2D eigenvalue weighted by Crippen LogP contribution is -2.09. The number of aromatic amines is 1. The molecule has 0 aliphatic rings. The van der Waals surface area contributed by atoms with Gasteiger partial charge in [0.1, 0.15) is 6.61 Å². The number of nitro benzene ring substituents is 1. The van der Waals surface area contributed by atoms with Crippen molar-refractivity contribution in [1.29, 1.82) is 0 Å². The van der Waals surface area contributed by atoms with Crippen molar-refractivity contribution in [2.45, 2.75) is 13.8 Å². The molecule has 124 valence electrons. The Morgan fingerprint density at radius 3 is 2.67 bits per heavy atom. The van der Waals surface area contributed by atoms with Crippen LogP contribution in [0.25, 0.3) is 11.6 Å². The Kier molecular flexibility index (Phi) is 5.31. The van der Waals surface area contributed by atoms with Crippen LogP contribution in [0.3, 0.4) is 0 Å². The number of rotatable bonds is 6. The number of carbonyl (C=O) groups excluding carboxylic acids is 1. The number of aromatic nitrogens is 1. The third-order valence-electron chi connectivity index (χ3n) is 3.42. The third kappa shape index (κ3) is 3.78. The summed E-state index contributed by atoms with van der Waals surface area (Å²) >= 11 is 0. The molecule has 0 saturated heterocycles. The molecule has 2 aromatic rings. The van der Waals surface area contributed by atoms with E-state index in [9.17, 15) is 14.9 Å². The van der Waals surface area contributed by atoms with Crippen molar-refractivity contribution in [2.75, 3.05) is 6.61 Å². The Morgan fingerprint density at radius 2 is 2.08 bits per heavy atom. The fraction of sp³-hybridized carbons (Fsp3) is 0.167. The van der Waals surface area contributed by atoms with Gasteiger partial charge >= 0.3 is 5.97 Å². The summed E-state index contributed by atoms with van der Waals surface area (Å²) in [6.45, 7) is 7.31. The largest absolute Gasteiger partial charge is 0.458 e. The summed E-state index contributed by atoms with van der Waals surface area (Å²) in [5.41, 5.74) is 2.74. The normalized spacial score (nSPS) is 11.2. The second-order valence-electron chi connectivity index (χ2n) is 5.27. The van der Waals surface area contributed by atoms with E-state index in [4.69, 9.17) is 4.74 Å². The van der Waals surface area contributed by atoms with Crippen molar-refractivity contribution in [3.63, 3.8) is 0 Å². The first-order chi connectivity index (χ1) is 11.4. The van der Waals surface area contributed by atoms with Crippen LogP contribution < -0.4 is 0 Å². The van der Waals surface area contributed by atoms with Gasteiger partial charge in [-0.15, -0.1) is 0 Å². The lowest BCUT2D eigenvalue weighted by atomic mass is 10.0. The number of hydrogen-bond acceptors (Lipinski definition) is 4. The third-order valence-corrected chi connectivity index (χ3v) is 3.42. The minimum Gasteiger partial charge on any atom is -0.458 e. The molecule has 0 fully saturated rings. The molecule has 1 heterocycles. The molecule has 24 heavy (non-hydrogen) atoms. The fourth-order valence-corrected chi connectivity index (χ4v) is 2.36. The van der Waals surface area contributed by atoms with E-state index in [0.29, 0.717) is 5.69 Å². The van der Waals surface area contributed by atoms with Crippen molar-refractivity contribution < 1.29 is 14.5 Å². The number of ether oxygens (including phenoxy) is 1. The molecule has 2 rings (SSSR count). The van der Waals surface area contributed by atoms with E-state index >= 15 is 0 Å². The zero-order valence-corrected chi connectivity index (χ0v) is 13.5. The lowest BCUT2D eigenvalue weighted by molar-refractivity contribution is -0.385. The summed E-state index contributed by atoms with van der Waals surface area (Å²) in [5.74, 6) is -0.643. The standard InChI is InChI=1S/C18H18N2O4/c1-4-9-24-18(21)15(11-16-12(2)10-13(3)19-16)14-7-5-6-8-17(14)20(22)23/h4-8,10-11,19H,1,9H2,2-3H3/b15-11-. The average Bonchev–Trinajstić information content (AvgIpc) is 2.87. The molecule has 0 bridgehead atoms. The van der Waals surface area contributed by atoms with Gasteiger partial charge in [0, 0.05) is 17.5 Å². The van der Waals surface area contributed by atoms with Crippen molar-refractivity contribution in [1.82, 2.24) is 4.98 Å². The van der Waals surface area contributed by atoms with Crippen LogP contribution in [0.4, 0.5) is 5.69 Å². The number of hydrogen-bond donors (Lipinski definition) is 1. The zero-order chi connectivity index (χ0) is 17.7. The predicted octanol–water partition coefficient (Wildman–Crippen LogP) is 3.81. The van der Waals surface area contributed by atoms with E-state index in [1.165, 1.54) is 18.2 Å². The van der Waals surface area contributed by atoms with Crippen LogP contribution in [0, 0.1) is 24.0 Å². The molecule has 0 atom stereocenters. The summed E-state index contributed by atoms with van der Waals surface area (Å²) in [6.07, 6.45) is 3.02. The molecule has 6 nitrogen and oxygen atoms in total. The van der Waals surface area contributed by atoms with Crippen LogP contribution in [0.15, 0.2) is 43.0 Å². The first-order valence-corrected chi connectivity index (χ1v) is 7.33. The van der Waals surface area contributed by atoms with Gasteiger partial charge in [-0.2, -0.15) is 0 Å². The minimum atomic E-state index is -0.643. The molecule has 0 saturated carbocycles. The molecule has 0 aliphatic carbocycles. The molecule has 1 N–H and O–H groups in total. The topological polar surface area (TPSA) is 85.2 Å². The number of nitro groups is 1. The Balaban J connectivity index is 2.60. The van der Waals surface area contributed by atoms with E-state index < -0.39 is 10.9 Å². The first-order valence-electron chi connectivity index (χ1n) is 7.33. The van der Waals surface area contributed by atoms with Gasteiger partial charge in [0.15, 0.2) is 0 Å². The van der Waals surface area contributed by atoms with Crippen LogP contribution in [-0.2, 0) is 9.53 Å². The summed E-state index contributed by atoms with van der Waals surface area (Å²) in [5, 5.41) is 11.3. The monoisotopic (exact) mass is 326 g/mol. The number of aryl methyl sites for hydroxylation is 2. The van der Waals surface area contributed by atoms with E-state index in [0.717, 1.165) is 11.3 Å². The lowest BCUT2D eigenvalue weighted by Gasteiger charge is -2.08. The summed E-state index contributed by atoms with van der Waals surface area (Å²) < 4.78 is 5.10. The maximum atomic E-state index is 12.4. The van der Waals surface area contributed by atoms with E-state index in [1.54, 1.807) is 18.2 Å². The van der Waals surface area contributed by atoms with Crippen LogP contribution >= 0.6 is 0 Å². The molecule has 1 aromatic carbocycles. The van der Waals surface area contributed by atoms with Crippen LogP contribution in [0.2, 0.25) is 0 Å². The fourth-order valence-electron chi connectivity index (χ4n) is 2.36. The van der Waals surface area contributed by atoms with E-state index in [-0.39, 0.29) is 23.4 Å². The molecule has 0 spiro atoms. The average molecular weight is 326 g/mol. The van der Waals surface area contributed by atoms with Gasteiger partial charge in [0.2, 0.25) is 0 Å². The minimum absolute atomic E-state index is 0.0273. The molecular formula is C18H18N2O4. The van der Waals surface area contributed by atoms with Crippen molar-refractivity contribution in [3.8, 4) is 0 Å². The molecule has 1 aromatic heterocycles. The van der Waals surface area contributed by atoms with Gasteiger partial charge in [-0.3, -0.25) is 10.1 Å². The summed E-state index contributed by atoms with van der Waals surface area (Å²) in [7, 11) is 0. The highest BCUT2D eigenvalue weighted by Crippen LogP contribution is 2.29. The second kappa shape index (κ2) is 7.41. The molecule has 0 radical (unpaired) electrons. The Hall–Kier alpha value is -3.15. The Morgan fingerprint density at radius 1 is 1.38 bits per heavy atom. The van der Waals surface area contributed by atoms with Gasteiger partial charge in [-0.1, -0.05) is 24.8 Å². The van der Waals surface area contributed by atoms with Gasteiger partial charge < -0.3 is 9.72 Å². The predicted molar refractivity (Wildman–Crippen MR) is 92.4 cm³/mol. The Labute approximate surface area is 139 Å². The van der Waals surface area contributed by atoms with Crippen LogP contribution in [0.1, 0.15) is 22.5 Å². The number of H-pyrrole nitrogens is 1. The van der Waals surface area contributed by atoms with Crippen molar-refractivity contribution >= 4 is 23.3 Å². The molecule has 0 aliphatic heterocycles. The highest BCUT2D eigenvalue weighted by molar-refractivity contribution is 6.22. The second-order valence-corrected chi connectivity index (χ2v) is 5.27. The zero-order valence-electron chi connectivity index (χ0n) is 13.5. The van der Waals surface area contributed by atoms with Gasteiger partial charge in [0.25, 0.3) is 5.69 Å². The molecule has 0 amide bonds. The summed E-state index contributed by atoms with van der Waals surface area (Å²) in [6, 6.07) is 8.01. The number of benzene rings is 1. The first kappa shape index (κ1) is 17.2. The highest BCUT2D eigenvalue weighted by Gasteiger charge is 2.23. The smallest absolute Gasteiger partial charge is 0.339 e. The van der Waals surface area contributed by atoms with Gasteiger partial charge in [0.05, 0.1) is 16.1 Å². The molecule has 6 heteroatoms. The summed E-state index contributed by atoms with van der Waals surface area (Å²) in [4.78, 5) is 26.3. The van der Waals surface area contributed by atoms with Crippen LogP contribution in [-0.4, -0.2) is 22.5 Å².